The third-order valence-electron chi connectivity index (χ3n) is 2.21. The van der Waals surface area contributed by atoms with Crippen molar-refractivity contribution in [2.75, 3.05) is 5.32 Å². The van der Waals surface area contributed by atoms with Gasteiger partial charge in [-0.05, 0) is 18.1 Å². The molecular formula is C11H14F2N2O. The zero-order valence-electron chi connectivity index (χ0n) is 9.13. The van der Waals surface area contributed by atoms with Crippen molar-refractivity contribution >= 4 is 11.6 Å². The summed E-state index contributed by atoms with van der Waals surface area (Å²) in [5.41, 5.74) is 5.79. The van der Waals surface area contributed by atoms with Crippen molar-refractivity contribution in [1.29, 1.82) is 0 Å². The van der Waals surface area contributed by atoms with Gasteiger partial charge in [0.1, 0.15) is 0 Å². The average molecular weight is 228 g/mol. The highest BCUT2D eigenvalue weighted by Crippen LogP contribution is 2.13. The van der Waals surface area contributed by atoms with Gasteiger partial charge in [0, 0.05) is 11.8 Å². The van der Waals surface area contributed by atoms with Crippen molar-refractivity contribution < 1.29 is 13.6 Å². The molecule has 0 bridgehead atoms. The minimum Gasteiger partial charge on any atom is -0.325 e. The standard InChI is InChI=1S/C11H14F2N2O/c1-6(2)10(14)11(16)15-7-3-4-8(12)9(13)5-7/h3-6,10H,14H2,1-2H3,(H,15,16). The molecule has 1 atom stereocenters. The minimum atomic E-state index is -1.00. The number of carbonyl (C=O) groups excluding carboxylic acids is 1. The van der Waals surface area contributed by atoms with Crippen molar-refractivity contribution in [3.63, 3.8) is 0 Å². The summed E-state index contributed by atoms with van der Waals surface area (Å²) in [5.74, 6) is -2.40. The van der Waals surface area contributed by atoms with Gasteiger partial charge in [-0.25, -0.2) is 8.78 Å². The fraction of sp³-hybridized carbons (Fsp3) is 0.364. The number of halogens is 2. The lowest BCUT2D eigenvalue weighted by Crippen LogP contribution is -2.39. The van der Waals surface area contributed by atoms with E-state index >= 15 is 0 Å². The van der Waals surface area contributed by atoms with Crippen LogP contribution in [0.25, 0.3) is 0 Å². The lowest BCUT2D eigenvalue weighted by molar-refractivity contribution is -0.118. The summed E-state index contributed by atoms with van der Waals surface area (Å²) < 4.78 is 25.4. The number of hydrogen-bond acceptors (Lipinski definition) is 2. The third kappa shape index (κ3) is 3.00. The predicted octanol–water partition coefficient (Wildman–Crippen LogP) is 1.89. The topological polar surface area (TPSA) is 55.1 Å². The highest BCUT2D eigenvalue weighted by atomic mass is 19.2. The van der Waals surface area contributed by atoms with Gasteiger partial charge in [0.05, 0.1) is 6.04 Å². The second-order valence-electron chi connectivity index (χ2n) is 3.89. The lowest BCUT2D eigenvalue weighted by Gasteiger charge is -2.15. The van der Waals surface area contributed by atoms with Crippen molar-refractivity contribution in [3.05, 3.63) is 29.8 Å². The second-order valence-corrected chi connectivity index (χ2v) is 3.89. The van der Waals surface area contributed by atoms with Crippen molar-refractivity contribution in [3.8, 4) is 0 Å². The molecule has 0 radical (unpaired) electrons. The fourth-order valence-corrected chi connectivity index (χ4v) is 1.10. The lowest BCUT2D eigenvalue weighted by atomic mass is 10.0. The zero-order chi connectivity index (χ0) is 12.3. The molecule has 0 heterocycles. The van der Waals surface area contributed by atoms with Gasteiger partial charge in [-0.15, -0.1) is 0 Å². The quantitative estimate of drug-likeness (QED) is 0.830. The Hall–Kier alpha value is -1.49. The molecule has 1 aromatic rings. The number of rotatable bonds is 3. The van der Waals surface area contributed by atoms with E-state index in [1.807, 2.05) is 0 Å². The van der Waals surface area contributed by atoms with E-state index in [0.29, 0.717) is 0 Å². The summed E-state index contributed by atoms with van der Waals surface area (Å²) in [6, 6.07) is 2.48. The summed E-state index contributed by atoms with van der Waals surface area (Å²) in [7, 11) is 0. The molecule has 88 valence electrons. The maximum absolute atomic E-state index is 12.8. The van der Waals surface area contributed by atoms with Gasteiger partial charge >= 0.3 is 0 Å². The molecule has 0 aromatic heterocycles. The molecule has 5 heteroatoms. The molecule has 1 unspecified atom stereocenters. The van der Waals surface area contributed by atoms with E-state index in [9.17, 15) is 13.6 Å². The van der Waals surface area contributed by atoms with E-state index < -0.39 is 23.6 Å². The molecule has 0 spiro atoms. The molecule has 1 amide bonds. The Balaban J connectivity index is 2.74. The largest absolute Gasteiger partial charge is 0.325 e. The summed E-state index contributed by atoms with van der Waals surface area (Å²) in [5, 5.41) is 2.42. The van der Waals surface area contributed by atoms with Crippen LogP contribution in [-0.4, -0.2) is 11.9 Å². The molecule has 1 aromatic carbocycles. The number of nitrogens with one attached hydrogen (secondary N) is 1. The van der Waals surface area contributed by atoms with Gasteiger partial charge in [-0.3, -0.25) is 4.79 Å². The SMILES string of the molecule is CC(C)C(N)C(=O)Nc1ccc(F)c(F)c1. The Bertz CT molecular complexity index is 394. The normalized spacial score (nSPS) is 12.6. The van der Waals surface area contributed by atoms with Crippen LogP contribution in [0, 0.1) is 17.6 Å². The molecule has 3 nitrogen and oxygen atoms in total. The van der Waals surface area contributed by atoms with Crippen LogP contribution in [0.1, 0.15) is 13.8 Å². The van der Waals surface area contributed by atoms with Gasteiger partial charge in [0.25, 0.3) is 0 Å². The van der Waals surface area contributed by atoms with Crippen LogP contribution in [0.4, 0.5) is 14.5 Å². The fourth-order valence-electron chi connectivity index (χ4n) is 1.10. The molecular weight excluding hydrogens is 214 g/mol. The first-order valence-corrected chi connectivity index (χ1v) is 4.93. The van der Waals surface area contributed by atoms with Crippen LogP contribution in [0.3, 0.4) is 0 Å². The number of anilines is 1. The highest BCUT2D eigenvalue weighted by Gasteiger charge is 2.17. The first-order valence-electron chi connectivity index (χ1n) is 4.93. The maximum atomic E-state index is 12.8. The van der Waals surface area contributed by atoms with Crippen LogP contribution in [0.5, 0.6) is 0 Å². The molecule has 0 aliphatic carbocycles. The Morgan fingerprint density at radius 3 is 2.44 bits per heavy atom. The van der Waals surface area contributed by atoms with Gasteiger partial charge < -0.3 is 11.1 Å². The van der Waals surface area contributed by atoms with Crippen LogP contribution in [-0.2, 0) is 4.79 Å². The number of benzene rings is 1. The van der Waals surface area contributed by atoms with Gasteiger partial charge in [-0.2, -0.15) is 0 Å². The van der Waals surface area contributed by atoms with E-state index in [0.717, 1.165) is 12.1 Å². The smallest absolute Gasteiger partial charge is 0.241 e. The predicted molar refractivity (Wildman–Crippen MR) is 57.8 cm³/mol. The molecule has 1 rings (SSSR count). The van der Waals surface area contributed by atoms with Crippen LogP contribution in [0.15, 0.2) is 18.2 Å². The third-order valence-corrected chi connectivity index (χ3v) is 2.21. The molecule has 0 saturated heterocycles. The minimum absolute atomic E-state index is 0.0229. The van der Waals surface area contributed by atoms with E-state index in [2.05, 4.69) is 5.32 Å². The Morgan fingerprint density at radius 2 is 1.94 bits per heavy atom. The van der Waals surface area contributed by atoms with Crippen molar-refractivity contribution in [2.24, 2.45) is 11.7 Å². The van der Waals surface area contributed by atoms with Crippen LogP contribution < -0.4 is 11.1 Å². The Kier molecular flexibility index (Phi) is 3.95. The highest BCUT2D eigenvalue weighted by molar-refractivity contribution is 5.94. The number of amides is 1. The first-order chi connectivity index (χ1) is 7.41. The van der Waals surface area contributed by atoms with Gasteiger partial charge in [-0.1, -0.05) is 13.8 Å². The molecule has 16 heavy (non-hydrogen) atoms. The molecule has 0 aliphatic rings. The van der Waals surface area contributed by atoms with Crippen molar-refractivity contribution in [2.45, 2.75) is 19.9 Å². The molecule has 0 fully saturated rings. The second kappa shape index (κ2) is 5.03. The molecule has 0 aliphatic heterocycles. The number of carbonyl (C=O) groups is 1. The average Bonchev–Trinajstić information content (AvgIpc) is 2.22. The zero-order valence-corrected chi connectivity index (χ0v) is 9.13. The van der Waals surface area contributed by atoms with Crippen LogP contribution >= 0.6 is 0 Å². The number of nitrogens with two attached hydrogens (primary N) is 1. The molecule has 3 N–H and O–H groups in total. The summed E-state index contributed by atoms with van der Waals surface area (Å²) in [6.45, 7) is 3.60. The Labute approximate surface area is 92.6 Å². The van der Waals surface area contributed by atoms with E-state index in [4.69, 9.17) is 5.73 Å². The van der Waals surface area contributed by atoms with Crippen molar-refractivity contribution in [1.82, 2.24) is 0 Å². The van der Waals surface area contributed by atoms with E-state index in [1.54, 1.807) is 13.8 Å². The molecule has 0 saturated carbocycles. The van der Waals surface area contributed by atoms with Gasteiger partial charge in [0.15, 0.2) is 11.6 Å². The summed E-state index contributed by atoms with van der Waals surface area (Å²) in [6.07, 6.45) is 0. The maximum Gasteiger partial charge on any atom is 0.241 e. The summed E-state index contributed by atoms with van der Waals surface area (Å²) in [4.78, 5) is 11.5. The van der Waals surface area contributed by atoms with E-state index in [1.165, 1.54) is 6.07 Å². The van der Waals surface area contributed by atoms with E-state index in [-0.39, 0.29) is 11.6 Å². The Morgan fingerprint density at radius 1 is 1.31 bits per heavy atom. The first kappa shape index (κ1) is 12.6. The summed E-state index contributed by atoms with van der Waals surface area (Å²) >= 11 is 0. The van der Waals surface area contributed by atoms with Gasteiger partial charge in [0.2, 0.25) is 5.91 Å². The van der Waals surface area contributed by atoms with Crippen LogP contribution in [0.2, 0.25) is 0 Å². The monoisotopic (exact) mass is 228 g/mol. The number of hydrogen-bond donors (Lipinski definition) is 2.